The van der Waals surface area contributed by atoms with Crippen LogP contribution >= 0.6 is 0 Å². The van der Waals surface area contributed by atoms with Gasteiger partial charge in [0, 0.05) is 12.9 Å². The molecule has 0 aromatic carbocycles. The van der Waals surface area contributed by atoms with E-state index >= 15 is 0 Å². The minimum Gasteiger partial charge on any atom is -0.396 e. The van der Waals surface area contributed by atoms with Crippen molar-refractivity contribution in [2.45, 2.75) is 17.6 Å². The van der Waals surface area contributed by atoms with Gasteiger partial charge in [-0.1, -0.05) is 12.2 Å². The molecule has 5 heteroatoms. The number of hydrogen-bond donors (Lipinski definition) is 2. The summed E-state index contributed by atoms with van der Waals surface area (Å²) in [6, 6.07) is 0. The van der Waals surface area contributed by atoms with Crippen molar-refractivity contribution in [3.8, 4) is 0 Å². The summed E-state index contributed by atoms with van der Waals surface area (Å²) in [4.78, 5) is 0. The van der Waals surface area contributed by atoms with Gasteiger partial charge in [-0.25, -0.2) is 8.42 Å². The summed E-state index contributed by atoms with van der Waals surface area (Å²) >= 11 is 0. The first kappa shape index (κ1) is 11.7. The maximum absolute atomic E-state index is 11.6. The second kappa shape index (κ2) is 3.64. The van der Waals surface area contributed by atoms with E-state index in [1.807, 2.05) is 0 Å². The van der Waals surface area contributed by atoms with Crippen LogP contribution in [0.3, 0.4) is 0 Å². The van der Waals surface area contributed by atoms with Crippen LogP contribution in [0.1, 0.15) is 12.8 Å². The third-order valence-corrected chi connectivity index (χ3v) is 5.03. The minimum absolute atomic E-state index is 0.0592. The van der Waals surface area contributed by atoms with Crippen LogP contribution in [-0.2, 0) is 9.84 Å². The molecule has 0 heterocycles. The first-order valence-corrected chi connectivity index (χ1v) is 6.36. The molecule has 0 aliphatic heterocycles. The Morgan fingerprint density at radius 1 is 1.57 bits per heavy atom. The Morgan fingerprint density at radius 3 is 2.36 bits per heavy atom. The molecule has 82 valence electrons. The van der Waals surface area contributed by atoms with Gasteiger partial charge in [-0.05, 0) is 18.8 Å². The van der Waals surface area contributed by atoms with Gasteiger partial charge in [-0.15, -0.1) is 0 Å². The molecule has 1 aliphatic carbocycles. The zero-order valence-corrected chi connectivity index (χ0v) is 9.05. The lowest BCUT2D eigenvalue weighted by molar-refractivity contribution is 0.212. The van der Waals surface area contributed by atoms with Crippen molar-refractivity contribution in [3.63, 3.8) is 0 Å². The van der Waals surface area contributed by atoms with Crippen molar-refractivity contribution in [1.82, 2.24) is 0 Å². The molecule has 0 bridgehead atoms. The van der Waals surface area contributed by atoms with E-state index in [0.29, 0.717) is 12.0 Å². The topological polar surface area (TPSA) is 74.6 Å². The molecule has 1 saturated carbocycles. The highest BCUT2D eigenvalue weighted by Crippen LogP contribution is 2.43. The molecule has 4 nitrogen and oxygen atoms in total. The third-order valence-electron chi connectivity index (χ3n) is 3.02. The van der Waals surface area contributed by atoms with E-state index in [1.165, 1.54) is 0 Å². The van der Waals surface area contributed by atoms with Gasteiger partial charge < -0.3 is 10.2 Å². The van der Waals surface area contributed by atoms with Crippen LogP contribution < -0.4 is 0 Å². The van der Waals surface area contributed by atoms with Crippen molar-refractivity contribution >= 4 is 9.84 Å². The van der Waals surface area contributed by atoms with Crippen molar-refractivity contribution < 1.29 is 18.6 Å². The smallest absolute Gasteiger partial charge is 0.159 e. The lowest BCUT2D eigenvalue weighted by Gasteiger charge is -2.26. The van der Waals surface area contributed by atoms with Crippen LogP contribution in [0.2, 0.25) is 0 Å². The van der Waals surface area contributed by atoms with Crippen molar-refractivity contribution in [2.24, 2.45) is 5.92 Å². The maximum atomic E-state index is 11.6. The number of rotatable bonds is 3. The average molecular weight is 220 g/mol. The molecule has 0 saturated heterocycles. The Balaban J connectivity index is 3.09. The van der Waals surface area contributed by atoms with E-state index in [0.717, 1.165) is 6.26 Å². The van der Waals surface area contributed by atoms with Gasteiger partial charge in [0.15, 0.2) is 9.84 Å². The Bertz CT molecular complexity index is 333. The normalized spacial score (nSPS) is 33.6. The standard InChI is InChI=1S/C9H16O4S/c1-7-3-8(5-10)4-9(7,6-11)14(2,12)13/h8,10-11H,1,3-6H2,2H3. The summed E-state index contributed by atoms with van der Waals surface area (Å²) in [5.41, 5.74) is 0.515. The minimum atomic E-state index is -3.37. The van der Waals surface area contributed by atoms with Gasteiger partial charge in [0.25, 0.3) is 0 Å². The van der Waals surface area contributed by atoms with E-state index in [9.17, 15) is 13.5 Å². The van der Waals surface area contributed by atoms with Gasteiger partial charge >= 0.3 is 0 Å². The molecular formula is C9H16O4S. The van der Waals surface area contributed by atoms with Crippen LogP contribution in [0.25, 0.3) is 0 Å². The third kappa shape index (κ3) is 1.60. The molecule has 2 unspecified atom stereocenters. The molecule has 14 heavy (non-hydrogen) atoms. The summed E-state index contributed by atoms with van der Waals surface area (Å²) in [6.45, 7) is 3.19. The molecule has 0 aromatic rings. The Labute approximate surface area is 84.2 Å². The number of sulfone groups is 1. The van der Waals surface area contributed by atoms with Crippen LogP contribution in [0.5, 0.6) is 0 Å². The molecule has 1 fully saturated rings. The van der Waals surface area contributed by atoms with Crippen LogP contribution in [0.4, 0.5) is 0 Å². The van der Waals surface area contributed by atoms with E-state index in [4.69, 9.17) is 5.11 Å². The zero-order chi connectivity index (χ0) is 11.0. The molecule has 0 spiro atoms. The lowest BCUT2D eigenvalue weighted by Crippen LogP contribution is -2.40. The monoisotopic (exact) mass is 220 g/mol. The average Bonchev–Trinajstić information content (AvgIpc) is 2.42. The number of hydrogen-bond acceptors (Lipinski definition) is 4. The second-order valence-corrected chi connectivity index (χ2v) is 6.31. The van der Waals surface area contributed by atoms with Gasteiger partial charge in [-0.2, -0.15) is 0 Å². The predicted octanol–water partition coefficient (Wildman–Crippen LogP) is -0.279. The van der Waals surface area contributed by atoms with E-state index < -0.39 is 21.2 Å². The highest BCUT2D eigenvalue weighted by Gasteiger charge is 2.49. The molecule has 2 atom stereocenters. The highest BCUT2D eigenvalue weighted by atomic mass is 32.2. The number of aliphatic hydroxyl groups excluding tert-OH is 2. The Hall–Kier alpha value is -0.390. The van der Waals surface area contributed by atoms with Crippen LogP contribution in [0, 0.1) is 5.92 Å². The Morgan fingerprint density at radius 2 is 2.14 bits per heavy atom. The Kier molecular flexibility index (Phi) is 3.04. The van der Waals surface area contributed by atoms with Crippen molar-refractivity contribution in [3.05, 3.63) is 12.2 Å². The first-order valence-electron chi connectivity index (χ1n) is 4.47. The van der Waals surface area contributed by atoms with E-state index in [1.54, 1.807) is 0 Å². The summed E-state index contributed by atoms with van der Waals surface area (Å²) in [6.07, 6.45) is 1.86. The highest BCUT2D eigenvalue weighted by molar-refractivity contribution is 7.92. The molecule has 1 aliphatic rings. The van der Waals surface area contributed by atoms with Crippen molar-refractivity contribution in [2.75, 3.05) is 19.5 Å². The fourth-order valence-corrected chi connectivity index (χ4v) is 3.43. The number of aliphatic hydroxyl groups is 2. The quantitative estimate of drug-likeness (QED) is 0.642. The molecule has 0 radical (unpaired) electrons. The molecule has 2 N–H and O–H groups in total. The fourth-order valence-electron chi connectivity index (χ4n) is 2.05. The van der Waals surface area contributed by atoms with Crippen LogP contribution in [0.15, 0.2) is 12.2 Å². The maximum Gasteiger partial charge on any atom is 0.159 e. The van der Waals surface area contributed by atoms with Crippen LogP contribution in [-0.4, -0.2) is 42.8 Å². The van der Waals surface area contributed by atoms with Crippen molar-refractivity contribution in [1.29, 1.82) is 0 Å². The van der Waals surface area contributed by atoms with Gasteiger partial charge in [-0.3, -0.25) is 0 Å². The van der Waals surface area contributed by atoms with E-state index in [-0.39, 0.29) is 18.9 Å². The molecule has 0 aromatic heterocycles. The van der Waals surface area contributed by atoms with E-state index in [2.05, 4.69) is 6.58 Å². The zero-order valence-electron chi connectivity index (χ0n) is 8.23. The molecule has 0 amide bonds. The predicted molar refractivity (Wildman–Crippen MR) is 53.6 cm³/mol. The SMILES string of the molecule is C=C1CC(CO)CC1(CO)S(C)(=O)=O. The summed E-state index contributed by atoms with van der Waals surface area (Å²) < 4.78 is 21.9. The summed E-state index contributed by atoms with van der Waals surface area (Å²) in [5, 5.41) is 18.2. The second-order valence-electron chi connectivity index (χ2n) is 3.98. The first-order chi connectivity index (χ1) is 6.37. The largest absolute Gasteiger partial charge is 0.396 e. The molecule has 1 rings (SSSR count). The molecular weight excluding hydrogens is 204 g/mol. The fraction of sp³-hybridized carbons (Fsp3) is 0.778. The van der Waals surface area contributed by atoms with Gasteiger partial charge in [0.05, 0.1) is 6.61 Å². The lowest BCUT2D eigenvalue weighted by atomic mass is 10.0. The summed E-state index contributed by atoms with van der Waals surface area (Å²) in [7, 11) is -3.37. The van der Waals surface area contributed by atoms with Gasteiger partial charge in [0.2, 0.25) is 0 Å². The summed E-state index contributed by atoms with van der Waals surface area (Å²) in [5.74, 6) is -0.0932. The van der Waals surface area contributed by atoms with Gasteiger partial charge in [0.1, 0.15) is 4.75 Å².